The van der Waals surface area contributed by atoms with E-state index < -0.39 is 18.1 Å². The Morgan fingerprint density at radius 1 is 1.00 bits per heavy atom. The monoisotopic (exact) mass is 643 g/mol. The van der Waals surface area contributed by atoms with Crippen LogP contribution in [-0.2, 0) is 4.74 Å². The molecule has 0 spiro atoms. The van der Waals surface area contributed by atoms with Gasteiger partial charge in [0.05, 0.1) is 17.7 Å². The zero-order valence-corrected chi connectivity index (χ0v) is 26.3. The number of nitrogens with zero attached hydrogens (tertiary/aromatic N) is 4. The number of rotatable bonds is 10. The van der Waals surface area contributed by atoms with Crippen LogP contribution in [0.1, 0.15) is 23.4 Å². The van der Waals surface area contributed by atoms with Gasteiger partial charge in [0.25, 0.3) is 5.56 Å². The molecule has 6 rings (SSSR count). The molecule has 0 aliphatic rings. The summed E-state index contributed by atoms with van der Waals surface area (Å²) in [7, 11) is 5.07. The number of halogens is 2. The molecule has 46 heavy (non-hydrogen) atoms. The van der Waals surface area contributed by atoms with Crippen molar-refractivity contribution in [2.24, 2.45) is 0 Å². The molecule has 4 aromatic carbocycles. The number of ether oxygens (including phenoxy) is 1. The van der Waals surface area contributed by atoms with E-state index >= 15 is 0 Å². The molecule has 0 bridgehead atoms. The van der Waals surface area contributed by atoms with E-state index in [4.69, 9.17) is 9.15 Å². The number of aliphatic hydroxyl groups is 1. The van der Waals surface area contributed by atoms with Crippen molar-refractivity contribution >= 4 is 39.5 Å². The third kappa shape index (κ3) is 5.76. The molecule has 0 saturated heterocycles. The van der Waals surface area contributed by atoms with Gasteiger partial charge in [-0.25, -0.2) is 13.5 Å². The molecule has 2 atom stereocenters. The maximum absolute atomic E-state index is 14.0. The number of hydrogen-bond acceptors (Lipinski definition) is 9. The Morgan fingerprint density at radius 2 is 1.67 bits per heavy atom. The second-order valence-corrected chi connectivity index (χ2v) is 11.6. The number of nitrogens with one attached hydrogen (secondary N) is 1. The van der Waals surface area contributed by atoms with Crippen molar-refractivity contribution in [1.82, 2.24) is 20.3 Å². The number of aromatic nitrogens is 3. The third-order valence-electron chi connectivity index (χ3n) is 7.98. The summed E-state index contributed by atoms with van der Waals surface area (Å²) in [5.41, 5.74) is 4.62. The smallest absolute Gasteiger partial charge is 0.278 e. The maximum Gasteiger partial charge on any atom is 0.278 e. The normalized spacial score (nSPS) is 12.9. The predicted molar refractivity (Wildman–Crippen MR) is 177 cm³/mol. The van der Waals surface area contributed by atoms with E-state index in [0.717, 1.165) is 16.8 Å². The highest BCUT2D eigenvalue weighted by Gasteiger charge is 2.25. The van der Waals surface area contributed by atoms with E-state index in [9.17, 15) is 18.7 Å². The lowest BCUT2D eigenvalue weighted by Crippen LogP contribution is -2.31. The summed E-state index contributed by atoms with van der Waals surface area (Å²) in [5.74, 6) is -0.362. The Bertz CT molecular complexity index is 2080. The van der Waals surface area contributed by atoms with Crippen molar-refractivity contribution in [3.05, 3.63) is 112 Å². The van der Waals surface area contributed by atoms with Crippen LogP contribution in [0.5, 0.6) is 0 Å². The van der Waals surface area contributed by atoms with Crippen LogP contribution >= 0.6 is 11.9 Å². The van der Waals surface area contributed by atoms with Gasteiger partial charge in [-0.1, -0.05) is 35.4 Å². The third-order valence-corrected chi connectivity index (χ3v) is 8.72. The highest BCUT2D eigenvalue weighted by Crippen LogP contribution is 2.43. The number of anilines is 1. The van der Waals surface area contributed by atoms with Gasteiger partial charge >= 0.3 is 0 Å². The van der Waals surface area contributed by atoms with Crippen LogP contribution in [0, 0.1) is 11.6 Å². The minimum absolute atomic E-state index is 0.123. The predicted octanol–water partition coefficient (Wildman–Crippen LogP) is 6.31. The summed E-state index contributed by atoms with van der Waals surface area (Å²) in [6, 6.07) is 20.3. The van der Waals surface area contributed by atoms with Crippen LogP contribution in [0.4, 0.5) is 14.5 Å². The van der Waals surface area contributed by atoms with Gasteiger partial charge < -0.3 is 18.6 Å². The lowest BCUT2D eigenvalue weighted by atomic mass is 9.97. The van der Waals surface area contributed by atoms with Crippen LogP contribution in [0.3, 0.4) is 0 Å². The molecular formula is C34H31F2N5O4S. The van der Waals surface area contributed by atoms with Crippen LogP contribution in [0.2, 0.25) is 0 Å². The van der Waals surface area contributed by atoms with E-state index in [1.807, 2.05) is 35.8 Å². The van der Waals surface area contributed by atoms with Gasteiger partial charge in [-0.2, -0.15) is 0 Å². The number of methoxy groups -OCH3 is 1. The Hall–Kier alpha value is -4.62. The minimum Gasteiger partial charge on any atom is -0.456 e. The molecule has 0 aliphatic carbocycles. The maximum atomic E-state index is 14.0. The molecular weight excluding hydrogens is 612 g/mol. The molecule has 0 aliphatic heterocycles. The van der Waals surface area contributed by atoms with E-state index in [-0.39, 0.29) is 18.0 Å². The summed E-state index contributed by atoms with van der Waals surface area (Å²) in [6.45, 7) is 0.123. The molecule has 236 valence electrons. The molecule has 0 fully saturated rings. The zero-order valence-electron chi connectivity index (χ0n) is 25.5. The largest absolute Gasteiger partial charge is 0.456 e. The van der Waals surface area contributed by atoms with Gasteiger partial charge in [-0.3, -0.25) is 10.1 Å². The number of aliphatic hydroxyl groups excluding tert-OH is 1. The topological polar surface area (TPSA) is 106 Å². The van der Waals surface area contributed by atoms with Gasteiger partial charge in [0.15, 0.2) is 0 Å². The van der Waals surface area contributed by atoms with E-state index in [1.54, 1.807) is 43.4 Å². The fraction of sp³-hybridized carbons (Fsp3) is 0.206. The van der Waals surface area contributed by atoms with Crippen molar-refractivity contribution in [3.8, 4) is 22.5 Å². The van der Waals surface area contributed by atoms with E-state index in [0.29, 0.717) is 44.3 Å². The van der Waals surface area contributed by atoms with Gasteiger partial charge in [-0.05, 0) is 72.8 Å². The summed E-state index contributed by atoms with van der Waals surface area (Å²) in [6.07, 6.45) is 0.859. The second kappa shape index (κ2) is 13.0. The first-order valence-corrected chi connectivity index (χ1v) is 15.6. The Balaban J connectivity index is 1.56. The van der Waals surface area contributed by atoms with Crippen molar-refractivity contribution in [3.63, 3.8) is 0 Å². The minimum atomic E-state index is -1.08. The molecule has 2 aromatic heterocycles. The number of benzene rings is 4. The fourth-order valence-corrected chi connectivity index (χ4v) is 5.90. The number of fused-ring (bicyclic) bond motifs is 2. The Labute approximate surface area is 267 Å². The molecule has 0 saturated carbocycles. The summed E-state index contributed by atoms with van der Waals surface area (Å²) >= 11 is 1.49. The van der Waals surface area contributed by atoms with Crippen LogP contribution < -0.4 is 15.2 Å². The van der Waals surface area contributed by atoms with Crippen LogP contribution in [-0.4, -0.2) is 54.2 Å². The second-order valence-electron chi connectivity index (χ2n) is 10.7. The van der Waals surface area contributed by atoms with E-state index in [1.165, 1.54) is 48.0 Å². The van der Waals surface area contributed by atoms with Crippen LogP contribution in [0.25, 0.3) is 44.3 Å². The highest BCUT2D eigenvalue weighted by atomic mass is 32.2. The van der Waals surface area contributed by atoms with Gasteiger partial charge in [0.2, 0.25) is 0 Å². The number of furan rings is 1. The molecule has 2 N–H and O–H groups in total. The molecule has 2 unspecified atom stereocenters. The average molecular weight is 644 g/mol. The van der Waals surface area contributed by atoms with Crippen molar-refractivity contribution < 1.29 is 23.0 Å². The summed E-state index contributed by atoms with van der Waals surface area (Å²) < 4.78 is 42.4. The first-order chi connectivity index (χ1) is 22.2. The first-order valence-electron chi connectivity index (χ1n) is 14.4. The lowest BCUT2D eigenvalue weighted by molar-refractivity contribution is 0.150. The molecule has 9 nitrogen and oxygen atoms in total. The van der Waals surface area contributed by atoms with Crippen LogP contribution in [0.15, 0.2) is 88.1 Å². The Kier molecular flexibility index (Phi) is 8.87. The average Bonchev–Trinajstić information content (AvgIpc) is 3.45. The van der Waals surface area contributed by atoms with Crippen molar-refractivity contribution in [1.29, 1.82) is 0 Å². The first kappa shape index (κ1) is 31.4. The fourth-order valence-electron chi connectivity index (χ4n) is 5.55. The molecule has 2 heterocycles. The lowest BCUT2D eigenvalue weighted by Gasteiger charge is -2.21. The standard InChI is InChI=1S/C34H31F2N5O4S/c1-37-33(42)31-26-16-24(28(40(2)46-4)17-30(26)45-32(31)20-7-12-23(36)13-8-20)21-9-14-27-25(15-21)34(43)41(39-38-27)29(18-44-3)19-5-10-22(35)11-6-19/h5-17,29,33,37,42H,18H2,1-4H3. The summed E-state index contributed by atoms with van der Waals surface area (Å²) in [4.78, 5) is 14.0. The molecule has 0 radical (unpaired) electrons. The van der Waals surface area contributed by atoms with E-state index in [2.05, 4.69) is 15.6 Å². The zero-order chi connectivity index (χ0) is 32.5. The Morgan fingerprint density at radius 3 is 2.33 bits per heavy atom. The van der Waals surface area contributed by atoms with Gasteiger partial charge in [0.1, 0.15) is 40.8 Å². The van der Waals surface area contributed by atoms with Crippen molar-refractivity contribution in [2.75, 3.05) is 38.4 Å². The quantitative estimate of drug-likeness (QED) is 0.131. The SMILES string of the molecule is CNC(O)c1c(-c2ccc(F)cc2)oc2cc(N(C)SC)c(-c3ccc4nnn(C(COC)c5ccc(F)cc5)c(=O)c4c3)cc12. The molecule has 0 amide bonds. The van der Waals surface area contributed by atoms with Gasteiger partial charge in [0, 0.05) is 48.6 Å². The summed E-state index contributed by atoms with van der Waals surface area (Å²) in [5, 5.41) is 23.5. The van der Waals surface area contributed by atoms with Crippen molar-refractivity contribution in [2.45, 2.75) is 12.3 Å². The molecule has 6 aromatic rings. The molecule has 12 heteroatoms. The highest BCUT2D eigenvalue weighted by molar-refractivity contribution is 7.99. The number of hydrogen-bond donors (Lipinski definition) is 2. The van der Waals surface area contributed by atoms with Gasteiger partial charge in [-0.15, -0.1) is 5.10 Å².